The van der Waals surface area contributed by atoms with Gasteiger partial charge in [0.2, 0.25) is 0 Å². The molecule has 1 amide bonds. The highest BCUT2D eigenvalue weighted by Crippen LogP contribution is 2.30. The van der Waals surface area contributed by atoms with Gasteiger partial charge < -0.3 is 10.1 Å². The number of ether oxygens (including phenoxy) is 1. The van der Waals surface area contributed by atoms with E-state index in [2.05, 4.69) is 5.32 Å². The maximum absolute atomic E-state index is 13.5. The average molecular weight is 449 g/mol. The molecule has 168 valence electrons. The number of para-hydroxylation sites is 1. The van der Waals surface area contributed by atoms with Crippen LogP contribution in [0.25, 0.3) is 28.2 Å². The number of hydrogen-bond acceptors (Lipinski definition) is 4. The maximum atomic E-state index is 13.5. The van der Waals surface area contributed by atoms with Crippen LogP contribution < -0.4 is 10.1 Å². The third-order valence-corrected chi connectivity index (χ3v) is 5.76. The fourth-order valence-electron chi connectivity index (χ4n) is 3.98. The highest BCUT2D eigenvalue weighted by molar-refractivity contribution is 5.95. The molecule has 3 aromatic carbocycles. The van der Waals surface area contributed by atoms with E-state index in [4.69, 9.17) is 14.8 Å². The van der Waals surface area contributed by atoms with Crippen molar-refractivity contribution in [2.75, 3.05) is 7.11 Å². The molecule has 0 aliphatic rings. The number of benzene rings is 3. The van der Waals surface area contributed by atoms with Crippen molar-refractivity contribution in [1.82, 2.24) is 19.9 Å². The molecule has 0 unspecified atom stereocenters. The molecule has 0 saturated carbocycles. The van der Waals surface area contributed by atoms with Crippen LogP contribution in [-0.4, -0.2) is 27.6 Å². The van der Waals surface area contributed by atoms with E-state index in [0.29, 0.717) is 22.8 Å². The van der Waals surface area contributed by atoms with Crippen molar-refractivity contribution in [3.8, 4) is 28.3 Å². The smallest absolute Gasteiger partial charge is 0.270 e. The summed E-state index contributed by atoms with van der Waals surface area (Å²) in [4.78, 5) is 18.3. The predicted molar refractivity (Wildman–Crippen MR) is 133 cm³/mol. The third kappa shape index (κ3) is 4.13. The quantitative estimate of drug-likeness (QED) is 0.369. The normalized spacial score (nSPS) is 11.8. The van der Waals surface area contributed by atoms with Crippen LogP contribution in [0.3, 0.4) is 0 Å². The summed E-state index contributed by atoms with van der Waals surface area (Å²) in [5.41, 5.74) is 5.15. The molecule has 6 nitrogen and oxygen atoms in total. The Bertz CT molecular complexity index is 1450. The Balaban J connectivity index is 1.63. The van der Waals surface area contributed by atoms with Crippen LogP contribution in [0, 0.1) is 0 Å². The fraction of sp³-hybridized carbons (Fsp3) is 0.107. The van der Waals surface area contributed by atoms with Crippen LogP contribution in [0.15, 0.2) is 97.1 Å². The van der Waals surface area contributed by atoms with Crippen LogP contribution >= 0.6 is 0 Å². The summed E-state index contributed by atoms with van der Waals surface area (Å²) in [6, 6.07) is 30.8. The largest absolute Gasteiger partial charge is 0.496 e. The van der Waals surface area contributed by atoms with Crippen LogP contribution in [0.4, 0.5) is 0 Å². The molecule has 2 heterocycles. The molecule has 0 saturated heterocycles. The van der Waals surface area contributed by atoms with Gasteiger partial charge in [-0.05, 0) is 30.7 Å². The van der Waals surface area contributed by atoms with Gasteiger partial charge in [0.05, 0.1) is 24.5 Å². The Morgan fingerprint density at radius 1 is 0.882 bits per heavy atom. The van der Waals surface area contributed by atoms with E-state index < -0.39 is 0 Å². The number of amides is 1. The Morgan fingerprint density at radius 3 is 2.29 bits per heavy atom. The average Bonchev–Trinajstić information content (AvgIpc) is 3.33. The van der Waals surface area contributed by atoms with Crippen molar-refractivity contribution in [2.45, 2.75) is 13.0 Å². The molecule has 2 aromatic heterocycles. The van der Waals surface area contributed by atoms with Gasteiger partial charge in [-0.3, -0.25) is 4.79 Å². The maximum Gasteiger partial charge on any atom is 0.270 e. The molecule has 5 rings (SSSR count). The van der Waals surface area contributed by atoms with E-state index in [-0.39, 0.29) is 11.9 Å². The van der Waals surface area contributed by atoms with Gasteiger partial charge in [0, 0.05) is 17.2 Å². The van der Waals surface area contributed by atoms with Crippen LogP contribution in [0.1, 0.15) is 29.0 Å². The Morgan fingerprint density at radius 2 is 1.56 bits per heavy atom. The summed E-state index contributed by atoms with van der Waals surface area (Å²) in [5.74, 6) is 0.453. The van der Waals surface area contributed by atoms with E-state index in [9.17, 15) is 4.79 Å². The van der Waals surface area contributed by atoms with Gasteiger partial charge in [-0.25, -0.2) is 9.50 Å². The summed E-state index contributed by atoms with van der Waals surface area (Å²) in [7, 11) is 1.62. The molecule has 1 N–H and O–H groups in total. The highest BCUT2D eigenvalue weighted by atomic mass is 16.5. The summed E-state index contributed by atoms with van der Waals surface area (Å²) in [6.45, 7) is 1.96. The van der Waals surface area contributed by atoms with Crippen molar-refractivity contribution in [2.24, 2.45) is 0 Å². The van der Waals surface area contributed by atoms with Crippen molar-refractivity contribution < 1.29 is 9.53 Å². The standard InChI is InChI=1S/C28H24N4O2/c1-19(20-11-5-3-6-12-20)29-28(33)25-17-24(22-15-9-10-16-26(22)34-2)30-27-18-23(31-32(25)27)21-13-7-4-8-14-21/h3-19H,1-2H3,(H,29,33)/t19-/m1/s1. The second-order valence-electron chi connectivity index (χ2n) is 8.00. The minimum absolute atomic E-state index is 0.171. The molecule has 0 aliphatic carbocycles. The molecule has 0 fully saturated rings. The first-order valence-electron chi connectivity index (χ1n) is 11.1. The lowest BCUT2D eigenvalue weighted by atomic mass is 10.1. The van der Waals surface area contributed by atoms with Gasteiger partial charge in [0.25, 0.3) is 5.91 Å². The number of nitrogens with one attached hydrogen (secondary N) is 1. The number of rotatable bonds is 6. The zero-order valence-electron chi connectivity index (χ0n) is 19.0. The lowest BCUT2D eigenvalue weighted by molar-refractivity contribution is 0.0932. The van der Waals surface area contributed by atoms with Crippen molar-refractivity contribution >= 4 is 11.6 Å². The molecule has 5 aromatic rings. The second-order valence-corrected chi connectivity index (χ2v) is 8.00. The van der Waals surface area contributed by atoms with Crippen molar-refractivity contribution in [3.63, 3.8) is 0 Å². The topological polar surface area (TPSA) is 68.5 Å². The zero-order chi connectivity index (χ0) is 23.5. The highest BCUT2D eigenvalue weighted by Gasteiger charge is 2.20. The number of hydrogen-bond donors (Lipinski definition) is 1. The lowest BCUT2D eigenvalue weighted by Gasteiger charge is -2.15. The number of carbonyl (C=O) groups is 1. The summed E-state index contributed by atoms with van der Waals surface area (Å²) >= 11 is 0. The molecular formula is C28H24N4O2. The fourth-order valence-corrected chi connectivity index (χ4v) is 3.98. The molecule has 34 heavy (non-hydrogen) atoms. The number of nitrogens with zero attached hydrogens (tertiary/aromatic N) is 3. The van der Waals surface area contributed by atoms with Gasteiger partial charge in [-0.2, -0.15) is 5.10 Å². The molecule has 0 aliphatic heterocycles. The number of fused-ring (bicyclic) bond motifs is 1. The zero-order valence-corrected chi connectivity index (χ0v) is 19.0. The molecule has 6 heteroatoms. The summed E-state index contributed by atoms with van der Waals surface area (Å²) in [5, 5.41) is 7.83. The summed E-state index contributed by atoms with van der Waals surface area (Å²) in [6.07, 6.45) is 0. The number of carbonyl (C=O) groups excluding carboxylic acids is 1. The Kier molecular flexibility index (Phi) is 5.79. The Labute approximate surface area is 197 Å². The van der Waals surface area contributed by atoms with Crippen LogP contribution in [0.5, 0.6) is 5.75 Å². The van der Waals surface area contributed by atoms with E-state index in [1.165, 1.54) is 0 Å². The first-order chi connectivity index (χ1) is 16.6. The minimum Gasteiger partial charge on any atom is -0.496 e. The molecule has 0 radical (unpaired) electrons. The monoisotopic (exact) mass is 448 g/mol. The van der Waals surface area contributed by atoms with Crippen LogP contribution in [-0.2, 0) is 0 Å². The van der Waals surface area contributed by atoms with E-state index in [1.807, 2.05) is 97.9 Å². The molecule has 0 spiro atoms. The predicted octanol–water partition coefficient (Wildman–Crippen LogP) is 5.56. The van der Waals surface area contributed by atoms with Crippen LogP contribution in [0.2, 0.25) is 0 Å². The minimum atomic E-state index is -0.234. The molecule has 0 bridgehead atoms. The van der Waals surface area contributed by atoms with Gasteiger partial charge >= 0.3 is 0 Å². The lowest BCUT2D eigenvalue weighted by Crippen LogP contribution is -2.28. The molecular weight excluding hydrogens is 424 g/mol. The van der Waals surface area contributed by atoms with Gasteiger partial charge in [0.15, 0.2) is 5.65 Å². The van der Waals surface area contributed by atoms with Gasteiger partial charge in [-0.1, -0.05) is 72.8 Å². The third-order valence-electron chi connectivity index (χ3n) is 5.76. The first kappa shape index (κ1) is 21.4. The Hall–Kier alpha value is -4.45. The van der Waals surface area contributed by atoms with E-state index >= 15 is 0 Å². The van der Waals surface area contributed by atoms with E-state index in [0.717, 1.165) is 22.4 Å². The SMILES string of the molecule is COc1ccccc1-c1cc(C(=O)N[C@H](C)c2ccccc2)n2nc(-c3ccccc3)cc2n1. The van der Waals surface area contributed by atoms with Gasteiger partial charge in [-0.15, -0.1) is 0 Å². The van der Waals surface area contributed by atoms with Crippen molar-refractivity contribution in [1.29, 1.82) is 0 Å². The molecule has 1 atom stereocenters. The number of methoxy groups -OCH3 is 1. The van der Waals surface area contributed by atoms with Gasteiger partial charge in [0.1, 0.15) is 11.4 Å². The van der Waals surface area contributed by atoms with E-state index in [1.54, 1.807) is 17.7 Å². The summed E-state index contributed by atoms with van der Waals surface area (Å²) < 4.78 is 7.15. The first-order valence-corrected chi connectivity index (χ1v) is 11.1. The second kappa shape index (κ2) is 9.19. The van der Waals surface area contributed by atoms with Crippen molar-refractivity contribution in [3.05, 3.63) is 108 Å². The number of aromatic nitrogens is 3.